The van der Waals surface area contributed by atoms with Crippen molar-refractivity contribution in [3.05, 3.63) is 16.9 Å². The molecule has 0 bridgehead atoms. The minimum Gasteiger partial charge on any atom is -0.375 e. The van der Waals surface area contributed by atoms with Gasteiger partial charge in [-0.15, -0.1) is 0 Å². The molecule has 1 aromatic heterocycles. The number of rotatable bonds is 6. The normalized spacial score (nSPS) is 13.9. The fraction of sp³-hybridized carbons (Fsp3) is 0.727. The van der Waals surface area contributed by atoms with E-state index in [2.05, 4.69) is 5.10 Å². The molecule has 0 fully saturated rings. The second-order valence-electron chi connectivity index (χ2n) is 4.08. The predicted molar refractivity (Wildman–Crippen MR) is 62.6 cm³/mol. The molecule has 0 unspecified atom stereocenters. The maximum atomic E-state index is 11.9. The summed E-state index contributed by atoms with van der Waals surface area (Å²) in [4.78, 5) is 0. The van der Waals surface area contributed by atoms with Gasteiger partial charge in [-0.3, -0.25) is 4.68 Å². The van der Waals surface area contributed by atoms with Crippen molar-refractivity contribution in [2.75, 3.05) is 6.61 Å². The molecule has 0 saturated heterocycles. The van der Waals surface area contributed by atoms with Gasteiger partial charge in [0.15, 0.2) is 0 Å². The fourth-order valence-corrected chi connectivity index (χ4v) is 1.47. The molecule has 0 saturated carbocycles. The van der Waals surface area contributed by atoms with E-state index < -0.39 is 12.6 Å². The highest BCUT2D eigenvalue weighted by Gasteiger charge is 2.26. The van der Waals surface area contributed by atoms with Crippen LogP contribution >= 0.6 is 11.6 Å². The first-order valence-corrected chi connectivity index (χ1v) is 6.09. The van der Waals surface area contributed by atoms with Crippen LogP contribution in [0.2, 0.25) is 5.02 Å². The first kappa shape index (κ1) is 15.3. The molecule has 0 aliphatic heterocycles. The van der Waals surface area contributed by atoms with Crippen LogP contribution in [-0.2, 0) is 11.3 Å². The molecule has 0 amide bonds. The van der Waals surface area contributed by atoms with Crippen LogP contribution < -0.4 is 0 Å². The molecule has 1 rings (SSSR count). The summed E-state index contributed by atoms with van der Waals surface area (Å²) in [6, 6.07) is 0.200. The number of hydrogen-bond acceptors (Lipinski definition) is 2. The number of aromatic nitrogens is 2. The van der Waals surface area contributed by atoms with Gasteiger partial charge in [-0.05, 0) is 13.3 Å². The van der Waals surface area contributed by atoms with E-state index in [0.717, 1.165) is 6.42 Å². The summed E-state index contributed by atoms with van der Waals surface area (Å²) >= 11 is 5.93. The first-order valence-electron chi connectivity index (χ1n) is 5.71. The Labute approximate surface area is 109 Å². The molecule has 3 nitrogen and oxygen atoms in total. The minimum absolute atomic E-state index is 0.00164. The van der Waals surface area contributed by atoms with Gasteiger partial charge in [-0.1, -0.05) is 18.5 Å². The minimum atomic E-state index is -4.19. The molecular weight excluding hydrogens is 269 g/mol. The van der Waals surface area contributed by atoms with Crippen LogP contribution in [0.1, 0.15) is 38.4 Å². The third kappa shape index (κ3) is 4.86. The Morgan fingerprint density at radius 1 is 1.50 bits per heavy atom. The van der Waals surface area contributed by atoms with Gasteiger partial charge in [-0.2, -0.15) is 18.3 Å². The molecule has 0 spiro atoms. The van der Waals surface area contributed by atoms with Crippen LogP contribution in [0.5, 0.6) is 0 Å². The van der Waals surface area contributed by atoms with E-state index in [4.69, 9.17) is 16.3 Å². The Balaban J connectivity index is 2.45. The molecule has 18 heavy (non-hydrogen) atoms. The lowest BCUT2D eigenvalue weighted by molar-refractivity contribution is -0.146. The zero-order valence-electron chi connectivity index (χ0n) is 10.3. The number of ether oxygens (including phenoxy) is 1. The van der Waals surface area contributed by atoms with E-state index in [1.54, 1.807) is 10.9 Å². The standard InChI is InChI=1S/C11H16ClF3N2O/c1-3-8(2)17-6-9(12)10(16-17)7-18-5-4-11(13,14)15/h6,8H,3-5,7H2,1-2H3/t8-/m0/s1. The smallest absolute Gasteiger partial charge is 0.375 e. The van der Waals surface area contributed by atoms with Gasteiger partial charge in [0.25, 0.3) is 0 Å². The monoisotopic (exact) mass is 284 g/mol. The highest BCUT2D eigenvalue weighted by molar-refractivity contribution is 6.31. The van der Waals surface area contributed by atoms with E-state index in [9.17, 15) is 13.2 Å². The molecule has 0 radical (unpaired) electrons. The molecule has 1 heterocycles. The number of hydrogen-bond donors (Lipinski definition) is 0. The van der Waals surface area contributed by atoms with Crippen LogP contribution in [0.4, 0.5) is 13.2 Å². The van der Waals surface area contributed by atoms with Crippen LogP contribution in [0.25, 0.3) is 0 Å². The maximum absolute atomic E-state index is 11.9. The Morgan fingerprint density at radius 2 is 2.17 bits per heavy atom. The van der Waals surface area contributed by atoms with Crippen LogP contribution in [0.15, 0.2) is 6.20 Å². The molecule has 1 aromatic rings. The summed E-state index contributed by atoms with van der Waals surface area (Å²) in [5.74, 6) is 0. The van der Waals surface area contributed by atoms with Crippen molar-refractivity contribution in [2.45, 2.75) is 45.5 Å². The lowest BCUT2D eigenvalue weighted by Gasteiger charge is -2.08. The van der Waals surface area contributed by atoms with Gasteiger partial charge in [0.1, 0.15) is 5.69 Å². The average Bonchev–Trinajstić information content (AvgIpc) is 2.64. The van der Waals surface area contributed by atoms with E-state index in [1.165, 1.54) is 0 Å². The first-order chi connectivity index (χ1) is 8.33. The van der Waals surface area contributed by atoms with Crippen molar-refractivity contribution in [3.8, 4) is 0 Å². The molecule has 0 aliphatic rings. The summed E-state index contributed by atoms with van der Waals surface area (Å²) in [6.07, 6.45) is -2.60. The molecule has 7 heteroatoms. The van der Waals surface area contributed by atoms with Gasteiger partial charge in [0, 0.05) is 12.2 Å². The Bertz CT molecular complexity index is 379. The van der Waals surface area contributed by atoms with Crippen molar-refractivity contribution in [1.82, 2.24) is 9.78 Å². The lowest BCUT2D eigenvalue weighted by Crippen LogP contribution is -2.11. The van der Waals surface area contributed by atoms with Gasteiger partial charge in [0.2, 0.25) is 0 Å². The average molecular weight is 285 g/mol. The second kappa shape index (κ2) is 6.43. The van der Waals surface area contributed by atoms with E-state index in [-0.39, 0.29) is 19.3 Å². The van der Waals surface area contributed by atoms with Crippen molar-refractivity contribution in [3.63, 3.8) is 0 Å². The SMILES string of the molecule is CC[C@H](C)n1cc(Cl)c(COCCC(F)(F)F)n1. The molecular formula is C11H16ClF3N2O. The largest absolute Gasteiger partial charge is 0.391 e. The molecule has 1 atom stereocenters. The zero-order chi connectivity index (χ0) is 13.8. The van der Waals surface area contributed by atoms with Gasteiger partial charge < -0.3 is 4.74 Å². The lowest BCUT2D eigenvalue weighted by atomic mass is 10.3. The molecule has 0 N–H and O–H groups in total. The van der Waals surface area contributed by atoms with Crippen LogP contribution in [-0.4, -0.2) is 22.6 Å². The van der Waals surface area contributed by atoms with Crippen molar-refractivity contribution in [2.24, 2.45) is 0 Å². The van der Waals surface area contributed by atoms with Crippen LogP contribution in [0, 0.1) is 0 Å². The summed E-state index contributed by atoms with van der Waals surface area (Å²) in [5.41, 5.74) is 0.471. The number of nitrogens with zero attached hydrogens (tertiary/aromatic N) is 2. The second-order valence-corrected chi connectivity index (χ2v) is 4.49. The third-order valence-electron chi connectivity index (χ3n) is 2.57. The topological polar surface area (TPSA) is 27.1 Å². The predicted octanol–water partition coefficient (Wildman–Crippen LogP) is 3.98. The maximum Gasteiger partial charge on any atom is 0.391 e. The van der Waals surface area contributed by atoms with Crippen molar-refractivity contribution in [1.29, 1.82) is 0 Å². The summed E-state index contributed by atoms with van der Waals surface area (Å²) in [7, 11) is 0. The van der Waals surface area contributed by atoms with E-state index in [0.29, 0.717) is 10.7 Å². The van der Waals surface area contributed by atoms with Gasteiger partial charge in [0.05, 0.1) is 24.7 Å². The van der Waals surface area contributed by atoms with E-state index >= 15 is 0 Å². The van der Waals surface area contributed by atoms with Gasteiger partial charge >= 0.3 is 6.18 Å². The van der Waals surface area contributed by atoms with Crippen molar-refractivity contribution >= 4 is 11.6 Å². The number of alkyl halides is 3. The Kier molecular flexibility index (Phi) is 5.47. The Hall–Kier alpha value is -0.750. The zero-order valence-corrected chi connectivity index (χ0v) is 11.1. The Morgan fingerprint density at radius 3 is 2.72 bits per heavy atom. The summed E-state index contributed by atoms with van der Waals surface area (Å²) in [5, 5.41) is 4.61. The quantitative estimate of drug-likeness (QED) is 0.739. The summed E-state index contributed by atoms with van der Waals surface area (Å²) in [6.45, 7) is 3.62. The highest BCUT2D eigenvalue weighted by atomic mass is 35.5. The molecule has 0 aromatic carbocycles. The summed E-state index contributed by atoms with van der Waals surface area (Å²) < 4.78 is 42.3. The van der Waals surface area contributed by atoms with Crippen LogP contribution in [0.3, 0.4) is 0 Å². The third-order valence-corrected chi connectivity index (χ3v) is 2.88. The molecule has 0 aliphatic carbocycles. The van der Waals surface area contributed by atoms with Gasteiger partial charge in [-0.25, -0.2) is 0 Å². The highest BCUT2D eigenvalue weighted by Crippen LogP contribution is 2.21. The van der Waals surface area contributed by atoms with E-state index in [1.807, 2.05) is 13.8 Å². The number of halogens is 4. The van der Waals surface area contributed by atoms with Crippen molar-refractivity contribution < 1.29 is 17.9 Å². The molecule has 104 valence electrons. The fourth-order valence-electron chi connectivity index (χ4n) is 1.27.